The Morgan fingerprint density at radius 3 is 2.64 bits per heavy atom. The van der Waals surface area contributed by atoms with E-state index in [-0.39, 0.29) is 16.0 Å². The van der Waals surface area contributed by atoms with E-state index >= 15 is 0 Å². The fourth-order valence-corrected chi connectivity index (χ4v) is 2.75. The summed E-state index contributed by atoms with van der Waals surface area (Å²) in [6.07, 6.45) is 1.69. The molecule has 0 unspecified atom stereocenters. The van der Waals surface area contributed by atoms with E-state index in [4.69, 9.17) is 27.9 Å². The van der Waals surface area contributed by atoms with Gasteiger partial charge in [-0.05, 0) is 30.3 Å². The average molecular weight is 336 g/mol. The first kappa shape index (κ1) is 14.7. The molecular formula is C15H11Cl2N3O2. The lowest BCUT2D eigenvalue weighted by Crippen LogP contribution is -2.12. The van der Waals surface area contributed by atoms with Crippen molar-refractivity contribution in [3.63, 3.8) is 0 Å². The maximum atomic E-state index is 12.3. The van der Waals surface area contributed by atoms with Crippen molar-refractivity contribution < 1.29 is 9.53 Å². The predicted molar refractivity (Wildman–Crippen MR) is 87.1 cm³/mol. The zero-order valence-corrected chi connectivity index (χ0v) is 13.0. The molecule has 0 fully saturated rings. The number of carbonyl (C=O) groups is 1. The normalized spacial score (nSPS) is 10.7. The van der Waals surface area contributed by atoms with E-state index in [9.17, 15) is 4.79 Å². The minimum absolute atomic E-state index is 0.283. The molecule has 0 atom stereocenters. The molecule has 2 N–H and O–H groups in total. The summed E-state index contributed by atoms with van der Waals surface area (Å²) in [4.78, 5) is 12.3. The van der Waals surface area contributed by atoms with E-state index in [1.807, 2.05) is 12.1 Å². The van der Waals surface area contributed by atoms with Gasteiger partial charge in [0.15, 0.2) is 5.75 Å². The fourth-order valence-electron chi connectivity index (χ4n) is 2.11. The van der Waals surface area contributed by atoms with Crippen LogP contribution in [-0.4, -0.2) is 23.2 Å². The molecule has 0 saturated heterocycles. The number of benzene rings is 2. The van der Waals surface area contributed by atoms with E-state index in [1.54, 1.807) is 12.3 Å². The molecule has 0 aliphatic heterocycles. The molecule has 0 saturated carbocycles. The Hall–Kier alpha value is -2.24. The van der Waals surface area contributed by atoms with Gasteiger partial charge in [0.1, 0.15) is 0 Å². The lowest BCUT2D eigenvalue weighted by atomic mass is 10.2. The quantitative estimate of drug-likeness (QED) is 0.756. The highest BCUT2D eigenvalue weighted by Gasteiger charge is 2.14. The highest BCUT2D eigenvalue weighted by Crippen LogP contribution is 2.34. The van der Waals surface area contributed by atoms with Gasteiger partial charge in [-0.1, -0.05) is 23.2 Å². The van der Waals surface area contributed by atoms with Crippen molar-refractivity contribution in [3.8, 4) is 5.75 Å². The van der Waals surface area contributed by atoms with Gasteiger partial charge in [0.2, 0.25) is 0 Å². The zero-order chi connectivity index (χ0) is 15.7. The first-order valence-corrected chi connectivity index (χ1v) is 7.11. The van der Waals surface area contributed by atoms with Crippen LogP contribution in [0.3, 0.4) is 0 Å². The second-order valence-corrected chi connectivity index (χ2v) is 5.41. The highest BCUT2D eigenvalue weighted by molar-refractivity contribution is 6.37. The van der Waals surface area contributed by atoms with Gasteiger partial charge in [-0.25, -0.2) is 0 Å². The molecule has 0 bridgehead atoms. The van der Waals surface area contributed by atoms with Crippen LogP contribution >= 0.6 is 23.2 Å². The van der Waals surface area contributed by atoms with Gasteiger partial charge in [0, 0.05) is 16.6 Å². The number of nitrogens with one attached hydrogen (secondary N) is 2. The summed E-state index contributed by atoms with van der Waals surface area (Å²) in [5, 5.41) is 11.0. The fraction of sp³-hybridized carbons (Fsp3) is 0.0667. The number of ether oxygens (including phenoxy) is 1. The molecular weight excluding hydrogens is 325 g/mol. The first-order valence-electron chi connectivity index (χ1n) is 6.36. The van der Waals surface area contributed by atoms with Crippen molar-refractivity contribution in [2.75, 3.05) is 12.4 Å². The van der Waals surface area contributed by atoms with E-state index in [1.165, 1.54) is 19.2 Å². The standard InChI is InChI=1S/C15H11Cl2N3O2/c1-22-14-11(16)5-8(6-12(14)17)15(21)19-10-2-3-13-9(4-10)7-18-20-13/h2-7H,1H3,(H,18,20)(H,19,21). The number of aromatic nitrogens is 2. The number of anilines is 1. The predicted octanol–water partition coefficient (Wildman–Crippen LogP) is 4.13. The third-order valence-electron chi connectivity index (χ3n) is 3.16. The topological polar surface area (TPSA) is 67.0 Å². The van der Waals surface area contributed by atoms with Crippen molar-refractivity contribution in [2.45, 2.75) is 0 Å². The van der Waals surface area contributed by atoms with Crippen LogP contribution in [0.5, 0.6) is 5.75 Å². The van der Waals surface area contributed by atoms with E-state index in [0.717, 1.165) is 10.9 Å². The molecule has 5 nitrogen and oxygen atoms in total. The molecule has 1 amide bonds. The maximum Gasteiger partial charge on any atom is 0.255 e. The molecule has 2 aromatic carbocycles. The Kier molecular flexibility index (Phi) is 3.92. The van der Waals surface area contributed by atoms with Crippen LogP contribution in [0.15, 0.2) is 36.5 Å². The Labute approximate surface area is 136 Å². The summed E-state index contributed by atoms with van der Waals surface area (Å²) in [5.74, 6) is 0.0361. The van der Waals surface area contributed by atoms with Gasteiger partial charge in [0.25, 0.3) is 5.91 Å². The molecule has 7 heteroatoms. The van der Waals surface area contributed by atoms with Gasteiger partial charge in [-0.3, -0.25) is 9.89 Å². The number of aromatic amines is 1. The summed E-state index contributed by atoms with van der Waals surface area (Å²) < 4.78 is 5.06. The molecule has 22 heavy (non-hydrogen) atoms. The third kappa shape index (κ3) is 2.73. The number of halogens is 2. The minimum Gasteiger partial charge on any atom is -0.494 e. The molecule has 3 rings (SSSR count). The number of hydrogen-bond donors (Lipinski definition) is 2. The van der Waals surface area contributed by atoms with Gasteiger partial charge in [-0.2, -0.15) is 5.10 Å². The summed E-state index contributed by atoms with van der Waals surface area (Å²) in [5.41, 5.74) is 1.90. The summed E-state index contributed by atoms with van der Waals surface area (Å²) >= 11 is 12.1. The molecule has 3 aromatic rings. The number of methoxy groups -OCH3 is 1. The molecule has 112 valence electrons. The van der Waals surface area contributed by atoms with Crippen LogP contribution in [0.25, 0.3) is 10.9 Å². The summed E-state index contributed by atoms with van der Waals surface area (Å²) in [6.45, 7) is 0. The molecule has 0 aliphatic rings. The van der Waals surface area contributed by atoms with Gasteiger partial charge < -0.3 is 10.1 Å². The van der Waals surface area contributed by atoms with Gasteiger partial charge in [-0.15, -0.1) is 0 Å². The van der Waals surface area contributed by atoms with Gasteiger partial charge in [0.05, 0.1) is 28.9 Å². The number of carbonyl (C=O) groups excluding carboxylic acids is 1. The maximum absolute atomic E-state index is 12.3. The lowest BCUT2D eigenvalue weighted by Gasteiger charge is -2.09. The number of hydrogen-bond acceptors (Lipinski definition) is 3. The Bertz CT molecular complexity index is 838. The SMILES string of the molecule is COc1c(Cl)cc(C(=O)Nc2ccc3[nH]ncc3c2)cc1Cl. The summed E-state index contributed by atoms with van der Waals surface area (Å²) in [6, 6.07) is 8.47. The third-order valence-corrected chi connectivity index (χ3v) is 3.72. The first-order chi connectivity index (χ1) is 10.6. The van der Waals surface area contributed by atoms with Crippen molar-refractivity contribution in [1.82, 2.24) is 10.2 Å². The van der Waals surface area contributed by atoms with Gasteiger partial charge >= 0.3 is 0 Å². The molecule has 0 radical (unpaired) electrons. The number of nitrogens with zero attached hydrogens (tertiary/aromatic N) is 1. The van der Waals surface area contributed by atoms with Crippen LogP contribution in [0.4, 0.5) is 5.69 Å². The van der Waals surface area contributed by atoms with Crippen molar-refractivity contribution in [2.24, 2.45) is 0 Å². The Balaban J connectivity index is 1.87. The molecule has 1 heterocycles. The van der Waals surface area contributed by atoms with Crippen molar-refractivity contribution in [1.29, 1.82) is 0 Å². The monoisotopic (exact) mass is 335 g/mol. The Morgan fingerprint density at radius 1 is 1.23 bits per heavy atom. The zero-order valence-electron chi connectivity index (χ0n) is 11.5. The smallest absolute Gasteiger partial charge is 0.255 e. The number of amides is 1. The molecule has 1 aromatic heterocycles. The summed E-state index contributed by atoms with van der Waals surface area (Å²) in [7, 11) is 1.47. The highest BCUT2D eigenvalue weighted by atomic mass is 35.5. The average Bonchev–Trinajstić information content (AvgIpc) is 2.94. The van der Waals surface area contributed by atoms with Crippen LogP contribution in [0, 0.1) is 0 Å². The molecule has 0 spiro atoms. The molecule has 0 aliphatic carbocycles. The number of fused-ring (bicyclic) bond motifs is 1. The lowest BCUT2D eigenvalue weighted by molar-refractivity contribution is 0.102. The number of H-pyrrole nitrogens is 1. The van der Waals surface area contributed by atoms with Crippen LogP contribution in [0.1, 0.15) is 10.4 Å². The minimum atomic E-state index is -0.311. The van der Waals surface area contributed by atoms with Crippen molar-refractivity contribution >= 4 is 45.7 Å². The van der Waals surface area contributed by atoms with Crippen LogP contribution in [-0.2, 0) is 0 Å². The largest absolute Gasteiger partial charge is 0.494 e. The van der Waals surface area contributed by atoms with Crippen LogP contribution in [0.2, 0.25) is 10.0 Å². The van der Waals surface area contributed by atoms with E-state index < -0.39 is 0 Å². The number of rotatable bonds is 3. The second kappa shape index (κ2) is 5.87. The van der Waals surface area contributed by atoms with Crippen LogP contribution < -0.4 is 10.1 Å². The second-order valence-electron chi connectivity index (χ2n) is 4.60. The van der Waals surface area contributed by atoms with E-state index in [0.29, 0.717) is 17.0 Å². The van der Waals surface area contributed by atoms with Crippen molar-refractivity contribution in [3.05, 3.63) is 52.1 Å². The Morgan fingerprint density at radius 2 is 1.95 bits per heavy atom. The van der Waals surface area contributed by atoms with E-state index in [2.05, 4.69) is 15.5 Å².